The van der Waals surface area contributed by atoms with Gasteiger partial charge in [-0.3, -0.25) is 0 Å². The van der Waals surface area contributed by atoms with E-state index in [4.69, 9.17) is 0 Å². The summed E-state index contributed by atoms with van der Waals surface area (Å²) < 4.78 is 0. The van der Waals surface area contributed by atoms with E-state index in [1.165, 1.54) is 0 Å². The van der Waals surface area contributed by atoms with E-state index in [2.05, 4.69) is 31.3 Å². The van der Waals surface area contributed by atoms with Gasteiger partial charge in [0.25, 0.3) is 0 Å². The van der Waals surface area contributed by atoms with Gasteiger partial charge in [-0.1, -0.05) is 26.0 Å². The average Bonchev–Trinajstić information content (AvgIpc) is 2.04. The first-order valence-corrected chi connectivity index (χ1v) is 5.29. The lowest BCUT2D eigenvalue weighted by atomic mass is 9.97. The molecule has 0 aromatic heterocycles. The zero-order chi connectivity index (χ0) is 9.68. The van der Waals surface area contributed by atoms with Crippen LogP contribution in [0.2, 0.25) is 0 Å². The Morgan fingerprint density at radius 2 is 1.85 bits per heavy atom. The Balaban J connectivity index is 2.44. The topological polar surface area (TPSA) is 32.3 Å². The van der Waals surface area contributed by atoms with Crippen LogP contribution in [0.25, 0.3) is 0 Å². The summed E-state index contributed by atoms with van der Waals surface area (Å²) in [6.45, 7) is 4.25. The predicted molar refractivity (Wildman–Crippen MR) is 55.7 cm³/mol. The van der Waals surface area contributed by atoms with Crippen LogP contribution in [-0.4, -0.2) is 23.3 Å². The van der Waals surface area contributed by atoms with E-state index in [0.29, 0.717) is 6.04 Å². The summed E-state index contributed by atoms with van der Waals surface area (Å²) in [7, 11) is 0. The van der Waals surface area contributed by atoms with Crippen LogP contribution in [0, 0.1) is 0 Å². The van der Waals surface area contributed by atoms with Crippen molar-refractivity contribution >= 4 is 0 Å². The van der Waals surface area contributed by atoms with Crippen molar-refractivity contribution < 1.29 is 5.11 Å². The van der Waals surface area contributed by atoms with Crippen LogP contribution in [0.5, 0.6) is 0 Å². The van der Waals surface area contributed by atoms with Crippen molar-refractivity contribution in [3.63, 3.8) is 0 Å². The van der Waals surface area contributed by atoms with E-state index in [0.717, 1.165) is 25.7 Å². The molecule has 0 radical (unpaired) electrons. The second-order valence-corrected chi connectivity index (χ2v) is 4.12. The van der Waals surface area contributed by atoms with Crippen LogP contribution < -0.4 is 5.32 Å². The Labute approximate surface area is 81.0 Å². The Morgan fingerprint density at radius 3 is 2.46 bits per heavy atom. The third kappa shape index (κ3) is 3.92. The van der Waals surface area contributed by atoms with Gasteiger partial charge in [-0.2, -0.15) is 0 Å². The molecule has 13 heavy (non-hydrogen) atoms. The van der Waals surface area contributed by atoms with Gasteiger partial charge in [0, 0.05) is 12.1 Å². The molecular formula is C11H21NO. The molecule has 1 aliphatic rings. The van der Waals surface area contributed by atoms with Crippen molar-refractivity contribution in [3.05, 3.63) is 12.2 Å². The highest BCUT2D eigenvalue weighted by atomic mass is 16.3. The summed E-state index contributed by atoms with van der Waals surface area (Å²) in [6, 6.07) is 0.744. The van der Waals surface area contributed by atoms with Crippen molar-refractivity contribution in [3.8, 4) is 0 Å². The van der Waals surface area contributed by atoms with Gasteiger partial charge in [-0.15, -0.1) is 0 Å². The van der Waals surface area contributed by atoms with E-state index >= 15 is 0 Å². The molecule has 2 N–H and O–H groups in total. The third-order valence-electron chi connectivity index (χ3n) is 2.45. The molecule has 2 nitrogen and oxygen atoms in total. The summed E-state index contributed by atoms with van der Waals surface area (Å²) >= 11 is 0. The van der Waals surface area contributed by atoms with Crippen LogP contribution in [-0.2, 0) is 0 Å². The summed E-state index contributed by atoms with van der Waals surface area (Å²) in [4.78, 5) is 0. The van der Waals surface area contributed by atoms with Crippen LogP contribution in [0.3, 0.4) is 0 Å². The minimum absolute atomic E-state index is 0.174. The van der Waals surface area contributed by atoms with Gasteiger partial charge in [0.15, 0.2) is 0 Å². The van der Waals surface area contributed by atoms with Gasteiger partial charge in [-0.05, 0) is 25.7 Å². The lowest BCUT2D eigenvalue weighted by Crippen LogP contribution is -2.43. The van der Waals surface area contributed by atoms with Gasteiger partial charge >= 0.3 is 0 Å². The number of allylic oxidation sites excluding steroid dienone is 2. The van der Waals surface area contributed by atoms with Crippen LogP contribution in [0.15, 0.2) is 12.2 Å². The third-order valence-corrected chi connectivity index (χ3v) is 2.45. The standard InChI is InChI=1S/C11H21NO/c1-9(2)12-10-7-5-3-4-6-8-11(10)13/h3-4,9-13H,5-8H2,1-2H3/b4-3-. The molecule has 2 atom stereocenters. The fraction of sp³-hybridized carbons (Fsp3) is 0.818. The number of aliphatic hydroxyl groups excluding tert-OH is 1. The first-order valence-electron chi connectivity index (χ1n) is 5.29. The second kappa shape index (κ2) is 5.40. The molecule has 0 amide bonds. The fourth-order valence-corrected chi connectivity index (χ4v) is 1.79. The van der Waals surface area contributed by atoms with E-state index in [1.54, 1.807) is 0 Å². The molecule has 1 aliphatic carbocycles. The van der Waals surface area contributed by atoms with E-state index in [1.807, 2.05) is 0 Å². The quantitative estimate of drug-likeness (QED) is 0.640. The zero-order valence-electron chi connectivity index (χ0n) is 8.66. The first kappa shape index (κ1) is 10.7. The van der Waals surface area contributed by atoms with Gasteiger partial charge < -0.3 is 10.4 Å². The molecule has 0 saturated heterocycles. The fourth-order valence-electron chi connectivity index (χ4n) is 1.79. The van der Waals surface area contributed by atoms with Gasteiger partial charge in [0.05, 0.1) is 6.10 Å². The van der Waals surface area contributed by atoms with E-state index in [-0.39, 0.29) is 12.1 Å². The largest absolute Gasteiger partial charge is 0.391 e. The summed E-state index contributed by atoms with van der Waals surface area (Å²) in [6.07, 6.45) is 8.26. The van der Waals surface area contributed by atoms with E-state index in [9.17, 15) is 5.11 Å². The SMILES string of the molecule is CC(C)NC1CC/C=C\CCC1O. The van der Waals surface area contributed by atoms with Crippen LogP contribution in [0.1, 0.15) is 39.5 Å². The van der Waals surface area contributed by atoms with Crippen molar-refractivity contribution in [2.75, 3.05) is 0 Å². The highest BCUT2D eigenvalue weighted by Crippen LogP contribution is 2.13. The minimum Gasteiger partial charge on any atom is -0.391 e. The molecule has 0 aliphatic heterocycles. The smallest absolute Gasteiger partial charge is 0.0696 e. The monoisotopic (exact) mass is 183 g/mol. The summed E-state index contributed by atoms with van der Waals surface area (Å²) in [5.74, 6) is 0. The Morgan fingerprint density at radius 1 is 1.23 bits per heavy atom. The molecule has 0 saturated carbocycles. The molecule has 0 aromatic carbocycles. The highest BCUT2D eigenvalue weighted by molar-refractivity contribution is 4.90. The molecule has 2 unspecified atom stereocenters. The molecule has 76 valence electrons. The van der Waals surface area contributed by atoms with Crippen molar-refractivity contribution in [1.29, 1.82) is 0 Å². The molecule has 0 aromatic rings. The predicted octanol–water partition coefficient (Wildman–Crippen LogP) is 1.84. The Bertz CT molecular complexity index is 165. The molecular weight excluding hydrogens is 162 g/mol. The number of hydrogen-bond acceptors (Lipinski definition) is 2. The number of nitrogens with one attached hydrogen (secondary N) is 1. The maximum Gasteiger partial charge on any atom is 0.0696 e. The molecule has 0 heterocycles. The molecule has 0 fully saturated rings. The lowest BCUT2D eigenvalue weighted by Gasteiger charge is -2.26. The molecule has 0 bridgehead atoms. The Hall–Kier alpha value is -0.340. The normalized spacial score (nSPS) is 32.6. The number of aliphatic hydroxyl groups is 1. The lowest BCUT2D eigenvalue weighted by molar-refractivity contribution is 0.109. The summed E-state index contributed by atoms with van der Waals surface area (Å²) in [5.41, 5.74) is 0. The molecule has 0 spiro atoms. The second-order valence-electron chi connectivity index (χ2n) is 4.12. The van der Waals surface area contributed by atoms with Gasteiger partial charge in [0.2, 0.25) is 0 Å². The number of hydrogen-bond donors (Lipinski definition) is 2. The van der Waals surface area contributed by atoms with Crippen LogP contribution in [0.4, 0.5) is 0 Å². The van der Waals surface area contributed by atoms with Crippen molar-refractivity contribution in [1.82, 2.24) is 5.32 Å². The van der Waals surface area contributed by atoms with Crippen molar-refractivity contribution in [2.45, 2.75) is 57.7 Å². The van der Waals surface area contributed by atoms with Crippen molar-refractivity contribution in [2.24, 2.45) is 0 Å². The summed E-state index contributed by atoms with van der Waals surface area (Å²) in [5, 5.41) is 13.2. The minimum atomic E-state index is -0.174. The molecule has 2 heteroatoms. The highest BCUT2D eigenvalue weighted by Gasteiger charge is 2.19. The maximum atomic E-state index is 9.83. The van der Waals surface area contributed by atoms with Crippen LogP contribution >= 0.6 is 0 Å². The first-order chi connectivity index (χ1) is 6.20. The Kier molecular flexibility index (Phi) is 4.46. The zero-order valence-corrected chi connectivity index (χ0v) is 8.66. The number of rotatable bonds is 2. The van der Waals surface area contributed by atoms with E-state index < -0.39 is 0 Å². The molecule has 1 rings (SSSR count). The van der Waals surface area contributed by atoms with Gasteiger partial charge in [-0.25, -0.2) is 0 Å². The average molecular weight is 183 g/mol. The van der Waals surface area contributed by atoms with Gasteiger partial charge in [0.1, 0.15) is 0 Å². The maximum absolute atomic E-state index is 9.83.